The Balaban J connectivity index is 1.84. The topological polar surface area (TPSA) is 42.0 Å². The molecular formula is C20H17F3N2OS. The van der Waals surface area contributed by atoms with E-state index in [-0.39, 0.29) is 5.13 Å². The van der Waals surface area contributed by atoms with Gasteiger partial charge >= 0.3 is 6.18 Å². The van der Waals surface area contributed by atoms with Crippen LogP contribution in [0.5, 0.6) is 0 Å². The maximum absolute atomic E-state index is 12.7. The zero-order chi connectivity index (χ0) is 19.4. The van der Waals surface area contributed by atoms with Crippen LogP contribution in [0.3, 0.4) is 0 Å². The summed E-state index contributed by atoms with van der Waals surface area (Å²) in [5, 5.41) is 3.26. The molecule has 1 N–H and O–H groups in total. The van der Waals surface area contributed by atoms with Gasteiger partial charge in [0.1, 0.15) is 0 Å². The number of alkyl halides is 3. The largest absolute Gasteiger partial charge is 0.434 e. The summed E-state index contributed by atoms with van der Waals surface area (Å²) >= 11 is 0.745. The highest BCUT2D eigenvalue weighted by atomic mass is 32.1. The number of anilines is 1. The molecule has 2 aromatic carbocycles. The molecule has 0 saturated carbocycles. The quantitative estimate of drug-likeness (QED) is 0.578. The second-order valence-corrected chi connectivity index (χ2v) is 6.84. The molecule has 0 unspecified atom stereocenters. The van der Waals surface area contributed by atoms with Crippen LogP contribution in [-0.2, 0) is 12.6 Å². The third-order valence-electron chi connectivity index (χ3n) is 3.99. The van der Waals surface area contributed by atoms with E-state index in [0.29, 0.717) is 11.1 Å². The molecule has 1 amide bonds. The normalized spacial score (nSPS) is 11.4. The molecule has 1 heterocycles. The van der Waals surface area contributed by atoms with Crippen molar-refractivity contribution in [2.75, 3.05) is 5.32 Å². The number of hydrogen-bond donors (Lipinski definition) is 1. The minimum atomic E-state index is -4.53. The molecule has 0 fully saturated rings. The van der Waals surface area contributed by atoms with Crippen molar-refractivity contribution in [3.63, 3.8) is 0 Å². The number of amides is 1. The summed E-state index contributed by atoms with van der Waals surface area (Å²) in [7, 11) is 0. The number of halogens is 3. The lowest BCUT2D eigenvalue weighted by Crippen LogP contribution is -2.13. The van der Waals surface area contributed by atoms with Crippen molar-refractivity contribution in [3.8, 4) is 11.1 Å². The van der Waals surface area contributed by atoms with E-state index in [9.17, 15) is 18.0 Å². The smallest absolute Gasteiger partial charge is 0.298 e. The van der Waals surface area contributed by atoms with Crippen LogP contribution < -0.4 is 5.32 Å². The standard InChI is InChI=1S/C20H17F3N2OS/c1-2-5-13-8-10-14(11-9-13)15-6-3-4-7-16(15)18(26)25-19-24-17(12-27-19)20(21,22)23/h3-4,6-12H,2,5H2,1H3,(H,24,25,26). The third kappa shape index (κ3) is 4.54. The third-order valence-corrected chi connectivity index (χ3v) is 4.75. The number of nitrogens with one attached hydrogen (secondary N) is 1. The SMILES string of the molecule is CCCc1ccc(-c2ccccc2C(=O)Nc2nc(C(F)(F)F)cs2)cc1. The monoisotopic (exact) mass is 390 g/mol. The van der Waals surface area contributed by atoms with E-state index in [2.05, 4.69) is 17.2 Å². The molecule has 0 bridgehead atoms. The summed E-state index contributed by atoms with van der Waals surface area (Å²) in [5.74, 6) is -0.494. The van der Waals surface area contributed by atoms with Crippen molar-refractivity contribution < 1.29 is 18.0 Å². The number of carbonyl (C=O) groups is 1. The Labute approximate surface area is 158 Å². The predicted molar refractivity (Wildman–Crippen MR) is 101 cm³/mol. The molecular weight excluding hydrogens is 373 g/mol. The van der Waals surface area contributed by atoms with Gasteiger partial charge in [-0.1, -0.05) is 55.8 Å². The number of thiazole rings is 1. The first kappa shape index (κ1) is 19.1. The molecule has 1 aromatic heterocycles. The van der Waals surface area contributed by atoms with E-state index >= 15 is 0 Å². The van der Waals surface area contributed by atoms with Crippen molar-refractivity contribution in [2.45, 2.75) is 25.9 Å². The van der Waals surface area contributed by atoms with Gasteiger partial charge in [-0.25, -0.2) is 4.98 Å². The lowest BCUT2D eigenvalue weighted by Gasteiger charge is -2.10. The fourth-order valence-corrected chi connectivity index (χ4v) is 3.41. The van der Waals surface area contributed by atoms with Crippen LogP contribution >= 0.6 is 11.3 Å². The van der Waals surface area contributed by atoms with E-state index in [1.165, 1.54) is 5.56 Å². The second kappa shape index (κ2) is 7.92. The van der Waals surface area contributed by atoms with Gasteiger partial charge < -0.3 is 0 Å². The number of carbonyl (C=O) groups excluding carboxylic acids is 1. The summed E-state index contributed by atoms with van der Waals surface area (Å²) in [5.41, 5.74) is 2.17. The van der Waals surface area contributed by atoms with Gasteiger partial charge in [-0.3, -0.25) is 10.1 Å². The number of rotatable bonds is 5. The maximum atomic E-state index is 12.7. The van der Waals surface area contributed by atoms with Crippen LogP contribution in [0.15, 0.2) is 53.9 Å². The van der Waals surface area contributed by atoms with Crippen molar-refractivity contribution in [3.05, 3.63) is 70.7 Å². The molecule has 3 nitrogen and oxygen atoms in total. The molecule has 0 atom stereocenters. The van der Waals surface area contributed by atoms with E-state index in [0.717, 1.165) is 35.1 Å². The first-order valence-corrected chi connectivity index (χ1v) is 9.29. The van der Waals surface area contributed by atoms with Gasteiger partial charge in [0, 0.05) is 10.9 Å². The molecule has 140 valence electrons. The Bertz CT molecular complexity index is 933. The molecule has 0 spiro atoms. The number of nitrogens with zero attached hydrogens (tertiary/aromatic N) is 1. The number of aryl methyl sites for hydroxylation is 1. The molecule has 0 radical (unpaired) electrons. The van der Waals surface area contributed by atoms with Crippen LogP contribution in [0.1, 0.15) is 35.0 Å². The van der Waals surface area contributed by atoms with E-state index in [4.69, 9.17) is 0 Å². The molecule has 0 aliphatic rings. The number of aromatic nitrogens is 1. The highest BCUT2D eigenvalue weighted by Gasteiger charge is 2.34. The summed E-state index contributed by atoms with van der Waals surface area (Å²) in [6.45, 7) is 2.11. The zero-order valence-corrected chi connectivity index (χ0v) is 15.3. The number of benzene rings is 2. The molecule has 3 aromatic rings. The average Bonchev–Trinajstić information content (AvgIpc) is 3.12. The van der Waals surface area contributed by atoms with Gasteiger partial charge in [0.15, 0.2) is 10.8 Å². The molecule has 7 heteroatoms. The number of hydrogen-bond acceptors (Lipinski definition) is 3. The fraction of sp³-hybridized carbons (Fsp3) is 0.200. The lowest BCUT2D eigenvalue weighted by molar-refractivity contribution is -0.140. The fourth-order valence-electron chi connectivity index (χ4n) is 2.70. The Morgan fingerprint density at radius 3 is 2.44 bits per heavy atom. The minimum absolute atomic E-state index is 0.0829. The van der Waals surface area contributed by atoms with Crippen molar-refractivity contribution in [2.24, 2.45) is 0 Å². The van der Waals surface area contributed by atoms with E-state index in [1.807, 2.05) is 36.4 Å². The van der Waals surface area contributed by atoms with Crippen LogP contribution in [0.4, 0.5) is 18.3 Å². The average molecular weight is 390 g/mol. The highest BCUT2D eigenvalue weighted by molar-refractivity contribution is 7.14. The minimum Gasteiger partial charge on any atom is -0.298 e. The molecule has 0 aliphatic carbocycles. The molecule has 3 rings (SSSR count). The van der Waals surface area contributed by atoms with Crippen molar-refractivity contribution in [1.29, 1.82) is 0 Å². The summed E-state index contributed by atoms with van der Waals surface area (Å²) in [6, 6.07) is 14.9. The molecule has 0 saturated heterocycles. The van der Waals surface area contributed by atoms with Gasteiger partial charge in [0.2, 0.25) is 0 Å². The Morgan fingerprint density at radius 1 is 1.11 bits per heavy atom. The van der Waals surface area contributed by atoms with Crippen molar-refractivity contribution >= 4 is 22.4 Å². The zero-order valence-electron chi connectivity index (χ0n) is 14.5. The van der Waals surface area contributed by atoms with E-state index < -0.39 is 17.8 Å². The van der Waals surface area contributed by atoms with Crippen LogP contribution in [-0.4, -0.2) is 10.9 Å². The van der Waals surface area contributed by atoms with Gasteiger partial charge in [-0.05, 0) is 29.2 Å². The Morgan fingerprint density at radius 2 is 1.81 bits per heavy atom. The second-order valence-electron chi connectivity index (χ2n) is 5.98. The Hall–Kier alpha value is -2.67. The summed E-state index contributed by atoms with van der Waals surface area (Å²) in [4.78, 5) is 16.1. The molecule has 0 aliphatic heterocycles. The van der Waals surface area contributed by atoms with Crippen LogP contribution in [0, 0.1) is 0 Å². The highest BCUT2D eigenvalue weighted by Crippen LogP contribution is 2.32. The Kier molecular flexibility index (Phi) is 5.60. The van der Waals surface area contributed by atoms with Gasteiger partial charge in [0.05, 0.1) is 0 Å². The van der Waals surface area contributed by atoms with Gasteiger partial charge in [0.25, 0.3) is 5.91 Å². The summed E-state index contributed by atoms with van der Waals surface area (Å²) in [6.07, 6.45) is -2.50. The van der Waals surface area contributed by atoms with Gasteiger partial charge in [-0.2, -0.15) is 13.2 Å². The lowest BCUT2D eigenvalue weighted by atomic mass is 9.97. The maximum Gasteiger partial charge on any atom is 0.434 e. The first-order chi connectivity index (χ1) is 12.9. The van der Waals surface area contributed by atoms with Gasteiger partial charge in [-0.15, -0.1) is 11.3 Å². The van der Waals surface area contributed by atoms with Crippen LogP contribution in [0.25, 0.3) is 11.1 Å². The van der Waals surface area contributed by atoms with E-state index in [1.54, 1.807) is 12.1 Å². The predicted octanol–water partition coefficient (Wildman–Crippen LogP) is 6.03. The first-order valence-electron chi connectivity index (χ1n) is 8.41. The van der Waals surface area contributed by atoms with Crippen LogP contribution in [0.2, 0.25) is 0 Å². The van der Waals surface area contributed by atoms with Crippen molar-refractivity contribution in [1.82, 2.24) is 4.98 Å². The summed E-state index contributed by atoms with van der Waals surface area (Å²) < 4.78 is 38.0. The molecule has 27 heavy (non-hydrogen) atoms.